The molecule has 0 radical (unpaired) electrons. The van der Waals surface area contributed by atoms with Gasteiger partial charge in [-0.25, -0.2) is 5.10 Å². The predicted molar refractivity (Wildman–Crippen MR) is 91.8 cm³/mol. The Morgan fingerprint density at radius 3 is 2.36 bits per heavy atom. The Labute approximate surface area is 146 Å². The minimum atomic E-state index is -4.31. The van der Waals surface area contributed by atoms with Crippen molar-refractivity contribution in [1.29, 1.82) is 0 Å². The Bertz CT molecular complexity index is 826. The molecular formula is C17H15F3N4S. The number of alkyl halides is 3. The lowest BCUT2D eigenvalue weighted by molar-refractivity contribution is -0.137. The maximum Gasteiger partial charge on any atom is 0.416 e. The summed E-state index contributed by atoms with van der Waals surface area (Å²) < 4.78 is 37.6. The number of rotatable bonds is 5. The number of halogens is 3. The van der Waals surface area contributed by atoms with Crippen LogP contribution in [-0.2, 0) is 11.9 Å². The molecule has 0 saturated carbocycles. The van der Waals surface area contributed by atoms with Crippen LogP contribution in [0.1, 0.15) is 16.7 Å². The summed E-state index contributed by atoms with van der Waals surface area (Å²) in [7, 11) is 0. The average molecular weight is 364 g/mol. The summed E-state index contributed by atoms with van der Waals surface area (Å²) in [6.07, 6.45) is -4.31. The number of anilines is 2. The van der Waals surface area contributed by atoms with E-state index in [2.05, 4.69) is 20.5 Å². The standard InChI is InChI=1S/C17H15F3N4S/c1-11-2-8-14(9-3-11)21-15-22-16(24-23-15)25-10-12-4-6-13(7-5-12)17(18,19)20/h2-9H,10H2,1H3,(H2,21,22,23,24). The number of H-pyrrole nitrogens is 1. The van der Waals surface area contributed by atoms with Gasteiger partial charge in [0.2, 0.25) is 11.1 Å². The van der Waals surface area contributed by atoms with E-state index in [0.717, 1.165) is 28.9 Å². The third-order valence-electron chi connectivity index (χ3n) is 3.43. The quantitative estimate of drug-likeness (QED) is 0.614. The Morgan fingerprint density at radius 1 is 1.04 bits per heavy atom. The molecule has 0 aliphatic rings. The SMILES string of the molecule is Cc1ccc(Nc2nc(SCc3ccc(C(F)(F)F)cc3)n[nH]2)cc1. The Balaban J connectivity index is 1.57. The fraction of sp³-hybridized carbons (Fsp3) is 0.176. The highest BCUT2D eigenvalue weighted by molar-refractivity contribution is 7.98. The summed E-state index contributed by atoms with van der Waals surface area (Å²) in [5.74, 6) is 0.999. The van der Waals surface area contributed by atoms with Crippen LogP contribution >= 0.6 is 11.8 Å². The van der Waals surface area contributed by atoms with Crippen molar-refractivity contribution in [2.75, 3.05) is 5.32 Å². The molecule has 0 unspecified atom stereocenters. The molecule has 1 heterocycles. The van der Waals surface area contributed by atoms with Crippen molar-refractivity contribution in [2.45, 2.75) is 24.0 Å². The second kappa shape index (κ2) is 7.18. The third kappa shape index (κ3) is 4.76. The highest BCUT2D eigenvalue weighted by Crippen LogP contribution is 2.30. The largest absolute Gasteiger partial charge is 0.416 e. The number of hydrogen-bond acceptors (Lipinski definition) is 4. The van der Waals surface area contributed by atoms with Crippen LogP contribution < -0.4 is 5.32 Å². The molecule has 0 amide bonds. The molecule has 130 valence electrons. The molecule has 25 heavy (non-hydrogen) atoms. The molecule has 8 heteroatoms. The molecule has 0 saturated heterocycles. The van der Waals surface area contributed by atoms with E-state index in [1.165, 1.54) is 23.9 Å². The average Bonchev–Trinajstić information content (AvgIpc) is 3.02. The molecule has 0 aliphatic carbocycles. The minimum Gasteiger partial charge on any atom is -0.325 e. The van der Waals surface area contributed by atoms with E-state index in [4.69, 9.17) is 0 Å². The molecule has 0 bridgehead atoms. The molecule has 0 spiro atoms. The van der Waals surface area contributed by atoms with E-state index in [1.807, 2.05) is 31.2 Å². The first kappa shape index (κ1) is 17.3. The summed E-state index contributed by atoms with van der Waals surface area (Å²) in [6.45, 7) is 2.01. The number of aromatic amines is 1. The highest BCUT2D eigenvalue weighted by Gasteiger charge is 2.29. The number of hydrogen-bond donors (Lipinski definition) is 2. The van der Waals surface area contributed by atoms with E-state index < -0.39 is 11.7 Å². The van der Waals surface area contributed by atoms with E-state index in [0.29, 0.717) is 16.9 Å². The predicted octanol–water partition coefficient (Wildman–Crippen LogP) is 5.17. The molecule has 2 aromatic carbocycles. The van der Waals surface area contributed by atoms with Gasteiger partial charge in [-0.2, -0.15) is 18.2 Å². The van der Waals surface area contributed by atoms with Crippen molar-refractivity contribution in [3.8, 4) is 0 Å². The fourth-order valence-electron chi connectivity index (χ4n) is 2.08. The lowest BCUT2D eigenvalue weighted by Crippen LogP contribution is -2.04. The number of nitrogens with zero attached hydrogens (tertiary/aromatic N) is 2. The fourth-order valence-corrected chi connectivity index (χ4v) is 2.83. The molecule has 4 nitrogen and oxygen atoms in total. The second-order valence-electron chi connectivity index (χ2n) is 5.44. The summed E-state index contributed by atoms with van der Waals surface area (Å²) >= 11 is 1.35. The van der Waals surface area contributed by atoms with Crippen molar-refractivity contribution in [1.82, 2.24) is 15.2 Å². The van der Waals surface area contributed by atoms with Gasteiger partial charge in [0, 0.05) is 11.4 Å². The monoisotopic (exact) mass is 364 g/mol. The first-order valence-corrected chi connectivity index (χ1v) is 8.44. The number of thioether (sulfide) groups is 1. The van der Waals surface area contributed by atoms with Gasteiger partial charge in [-0.15, -0.1) is 5.10 Å². The first-order valence-electron chi connectivity index (χ1n) is 7.45. The van der Waals surface area contributed by atoms with Crippen LogP contribution in [0.3, 0.4) is 0 Å². The number of aromatic nitrogens is 3. The lowest BCUT2D eigenvalue weighted by Gasteiger charge is -2.06. The van der Waals surface area contributed by atoms with Crippen LogP contribution in [0, 0.1) is 6.92 Å². The molecule has 3 rings (SSSR count). The molecular weight excluding hydrogens is 349 g/mol. The maximum absolute atomic E-state index is 12.5. The van der Waals surface area contributed by atoms with Crippen LogP contribution in [0.5, 0.6) is 0 Å². The minimum absolute atomic E-state index is 0.486. The van der Waals surface area contributed by atoms with Crippen molar-refractivity contribution >= 4 is 23.4 Å². The van der Waals surface area contributed by atoms with Gasteiger partial charge >= 0.3 is 6.18 Å². The zero-order valence-electron chi connectivity index (χ0n) is 13.3. The van der Waals surface area contributed by atoms with E-state index >= 15 is 0 Å². The van der Waals surface area contributed by atoms with Gasteiger partial charge in [-0.3, -0.25) is 0 Å². The van der Waals surface area contributed by atoms with E-state index in [-0.39, 0.29) is 0 Å². The zero-order chi connectivity index (χ0) is 17.9. The van der Waals surface area contributed by atoms with Crippen LogP contribution in [-0.4, -0.2) is 15.2 Å². The van der Waals surface area contributed by atoms with Crippen LogP contribution in [0.25, 0.3) is 0 Å². The number of aryl methyl sites for hydroxylation is 1. The number of benzene rings is 2. The molecule has 1 aromatic heterocycles. The van der Waals surface area contributed by atoms with Gasteiger partial charge in [0.25, 0.3) is 0 Å². The topological polar surface area (TPSA) is 53.6 Å². The Kier molecular flexibility index (Phi) is 4.98. The third-order valence-corrected chi connectivity index (χ3v) is 4.35. The van der Waals surface area contributed by atoms with E-state index in [9.17, 15) is 13.2 Å². The zero-order valence-corrected chi connectivity index (χ0v) is 14.1. The Hall–Kier alpha value is -2.48. The van der Waals surface area contributed by atoms with Gasteiger partial charge < -0.3 is 5.32 Å². The summed E-state index contributed by atoms with van der Waals surface area (Å²) in [5.41, 5.74) is 2.18. The molecule has 3 aromatic rings. The van der Waals surface area contributed by atoms with Crippen LogP contribution in [0.15, 0.2) is 53.7 Å². The molecule has 0 aliphatic heterocycles. The molecule has 0 fully saturated rings. The maximum atomic E-state index is 12.5. The Morgan fingerprint density at radius 2 is 1.72 bits per heavy atom. The van der Waals surface area contributed by atoms with Gasteiger partial charge in [-0.1, -0.05) is 41.6 Å². The molecule has 0 atom stereocenters. The van der Waals surface area contributed by atoms with Crippen molar-refractivity contribution in [3.05, 3.63) is 65.2 Å². The first-order chi connectivity index (χ1) is 11.9. The van der Waals surface area contributed by atoms with Crippen molar-refractivity contribution in [3.63, 3.8) is 0 Å². The van der Waals surface area contributed by atoms with Crippen molar-refractivity contribution < 1.29 is 13.2 Å². The summed E-state index contributed by atoms with van der Waals surface area (Å²) in [6, 6.07) is 12.9. The lowest BCUT2D eigenvalue weighted by atomic mass is 10.1. The van der Waals surface area contributed by atoms with Gasteiger partial charge in [0.15, 0.2) is 0 Å². The van der Waals surface area contributed by atoms with Crippen LogP contribution in [0.2, 0.25) is 0 Å². The van der Waals surface area contributed by atoms with Crippen molar-refractivity contribution in [2.24, 2.45) is 0 Å². The highest BCUT2D eigenvalue weighted by atomic mass is 32.2. The summed E-state index contributed by atoms with van der Waals surface area (Å²) in [5, 5.41) is 10.5. The number of nitrogens with one attached hydrogen (secondary N) is 2. The summed E-state index contributed by atoms with van der Waals surface area (Å²) in [4.78, 5) is 4.31. The van der Waals surface area contributed by atoms with Gasteiger partial charge in [0.1, 0.15) is 0 Å². The van der Waals surface area contributed by atoms with E-state index in [1.54, 1.807) is 0 Å². The van der Waals surface area contributed by atoms with Gasteiger partial charge in [-0.05, 0) is 36.8 Å². The van der Waals surface area contributed by atoms with Gasteiger partial charge in [0.05, 0.1) is 5.56 Å². The smallest absolute Gasteiger partial charge is 0.325 e. The second-order valence-corrected chi connectivity index (χ2v) is 6.38. The normalized spacial score (nSPS) is 11.5. The molecule has 2 N–H and O–H groups in total. The van der Waals surface area contributed by atoms with Crippen LogP contribution in [0.4, 0.5) is 24.8 Å².